The topological polar surface area (TPSA) is 115 Å². The predicted octanol–water partition coefficient (Wildman–Crippen LogP) is 0.930. The zero-order chi connectivity index (χ0) is 13.7. The molecule has 1 heterocycles. The van der Waals surface area contributed by atoms with Gasteiger partial charge in [-0.2, -0.15) is 0 Å². The summed E-state index contributed by atoms with van der Waals surface area (Å²) < 4.78 is 0.185. The van der Waals surface area contributed by atoms with Crippen LogP contribution in [0.4, 0.5) is 5.13 Å². The highest BCUT2D eigenvalue weighted by Gasteiger charge is 2.16. The Bertz CT molecular complexity index is 488. The van der Waals surface area contributed by atoms with E-state index in [0.717, 1.165) is 11.3 Å². The number of halogens is 1. The van der Waals surface area contributed by atoms with E-state index in [-0.39, 0.29) is 27.5 Å². The van der Waals surface area contributed by atoms with E-state index in [1.807, 2.05) is 0 Å². The Hall–Kier alpha value is -1.67. The first-order valence-electron chi connectivity index (χ1n) is 4.68. The molecule has 97 valence electrons. The molecule has 1 radical (unpaired) electrons. The standard InChI is InChI=1S/C9H9ClN3O4S/c1-4(8(15)16)3-17-13-5(2-14)6-7(10)18-9(11)12-6/h4H,3H2,1H3,(H2,11,12)(H,15,16)/b13-5+. The number of carboxylic acid groups (broad SMARTS) is 1. The number of nitrogens with two attached hydrogens (primary N) is 1. The van der Waals surface area contributed by atoms with Crippen molar-refractivity contribution in [3.05, 3.63) is 10.0 Å². The number of hydrogen-bond acceptors (Lipinski definition) is 7. The summed E-state index contributed by atoms with van der Waals surface area (Å²) in [6.45, 7) is 1.26. The number of nitrogens with zero attached hydrogens (tertiary/aromatic N) is 2. The normalized spacial score (nSPS) is 13.1. The molecule has 0 saturated heterocycles. The van der Waals surface area contributed by atoms with E-state index < -0.39 is 11.9 Å². The van der Waals surface area contributed by atoms with E-state index in [4.69, 9.17) is 27.3 Å². The summed E-state index contributed by atoms with van der Waals surface area (Å²) in [6, 6.07) is 0. The smallest absolute Gasteiger partial charge is 0.309 e. The number of rotatable bonds is 6. The van der Waals surface area contributed by atoms with E-state index >= 15 is 0 Å². The fourth-order valence-electron chi connectivity index (χ4n) is 0.858. The summed E-state index contributed by atoms with van der Waals surface area (Å²) in [7, 11) is 0. The lowest BCUT2D eigenvalue weighted by Crippen LogP contribution is -2.15. The summed E-state index contributed by atoms with van der Waals surface area (Å²) in [5.41, 5.74) is 5.22. The van der Waals surface area contributed by atoms with E-state index in [0.29, 0.717) is 0 Å². The minimum Gasteiger partial charge on any atom is -0.481 e. The molecule has 9 heteroatoms. The maximum Gasteiger partial charge on any atom is 0.309 e. The van der Waals surface area contributed by atoms with Crippen LogP contribution < -0.4 is 5.73 Å². The maximum absolute atomic E-state index is 10.7. The predicted molar refractivity (Wildman–Crippen MR) is 66.5 cm³/mol. The minimum atomic E-state index is -1.03. The van der Waals surface area contributed by atoms with Gasteiger partial charge in [-0.3, -0.25) is 9.59 Å². The zero-order valence-corrected chi connectivity index (χ0v) is 10.8. The Kier molecular flexibility index (Phi) is 5.05. The van der Waals surface area contributed by atoms with Crippen LogP contribution in [0.5, 0.6) is 0 Å². The van der Waals surface area contributed by atoms with Gasteiger partial charge in [0, 0.05) is 0 Å². The summed E-state index contributed by atoms with van der Waals surface area (Å²) in [5, 5.41) is 12.2. The van der Waals surface area contributed by atoms with E-state index in [1.165, 1.54) is 13.2 Å². The van der Waals surface area contributed by atoms with Gasteiger partial charge in [0.15, 0.2) is 10.8 Å². The van der Waals surface area contributed by atoms with Crippen molar-refractivity contribution in [2.75, 3.05) is 12.3 Å². The number of carbonyl (C=O) groups excluding carboxylic acids is 1. The number of anilines is 1. The summed E-state index contributed by atoms with van der Waals surface area (Å²) in [5.74, 6) is -1.78. The lowest BCUT2D eigenvalue weighted by molar-refractivity contribution is -0.143. The Morgan fingerprint density at radius 1 is 1.78 bits per heavy atom. The van der Waals surface area contributed by atoms with Crippen LogP contribution in [-0.4, -0.2) is 34.7 Å². The highest BCUT2D eigenvalue weighted by molar-refractivity contribution is 7.19. The Labute approximate surface area is 111 Å². The summed E-state index contributed by atoms with van der Waals surface area (Å²) >= 11 is 6.76. The van der Waals surface area contributed by atoms with Crippen molar-refractivity contribution in [2.24, 2.45) is 11.1 Å². The average Bonchev–Trinajstić information content (AvgIpc) is 2.63. The molecule has 1 aromatic rings. The average molecular weight is 291 g/mol. The van der Waals surface area contributed by atoms with Crippen molar-refractivity contribution in [1.82, 2.24) is 4.98 Å². The number of carboxylic acids is 1. The zero-order valence-electron chi connectivity index (χ0n) is 9.21. The van der Waals surface area contributed by atoms with Crippen molar-refractivity contribution in [3.63, 3.8) is 0 Å². The number of thiazole rings is 1. The molecule has 3 N–H and O–H groups in total. The van der Waals surface area contributed by atoms with Crippen molar-refractivity contribution in [2.45, 2.75) is 6.92 Å². The molecule has 0 spiro atoms. The van der Waals surface area contributed by atoms with Crippen LogP contribution in [0.3, 0.4) is 0 Å². The highest BCUT2D eigenvalue weighted by Crippen LogP contribution is 2.26. The number of carbonyl (C=O) groups is 1. The van der Waals surface area contributed by atoms with Gasteiger partial charge in [-0.1, -0.05) is 28.1 Å². The van der Waals surface area contributed by atoms with Crippen LogP contribution in [0.15, 0.2) is 5.16 Å². The van der Waals surface area contributed by atoms with Gasteiger partial charge in [-0.05, 0) is 6.92 Å². The van der Waals surface area contributed by atoms with Gasteiger partial charge in [0.2, 0.25) is 0 Å². The van der Waals surface area contributed by atoms with Crippen molar-refractivity contribution in [3.8, 4) is 0 Å². The Balaban J connectivity index is 2.75. The Morgan fingerprint density at radius 2 is 2.44 bits per heavy atom. The van der Waals surface area contributed by atoms with Crippen LogP contribution in [0.2, 0.25) is 4.34 Å². The first kappa shape index (κ1) is 14.4. The molecule has 0 aliphatic rings. The molecule has 0 bridgehead atoms. The second-order valence-corrected chi connectivity index (χ2v) is 4.88. The molecule has 1 rings (SSSR count). The van der Waals surface area contributed by atoms with Crippen LogP contribution >= 0.6 is 22.9 Å². The third-order valence-corrected chi connectivity index (χ3v) is 2.91. The SMILES string of the molecule is CC(CO/N=C(\[C]=O)c1nc(N)sc1Cl)C(=O)O. The fraction of sp³-hybridized carbons (Fsp3) is 0.333. The second kappa shape index (κ2) is 6.31. The second-order valence-electron chi connectivity index (χ2n) is 3.25. The third-order valence-electron chi connectivity index (χ3n) is 1.83. The largest absolute Gasteiger partial charge is 0.481 e. The van der Waals surface area contributed by atoms with Gasteiger partial charge in [0.05, 0.1) is 5.92 Å². The number of aliphatic carboxylic acids is 1. The highest BCUT2D eigenvalue weighted by atomic mass is 35.5. The van der Waals surface area contributed by atoms with Crippen molar-refractivity contribution in [1.29, 1.82) is 0 Å². The van der Waals surface area contributed by atoms with Crippen LogP contribution in [0.25, 0.3) is 0 Å². The van der Waals surface area contributed by atoms with Crippen LogP contribution in [0.1, 0.15) is 12.6 Å². The van der Waals surface area contributed by atoms with Gasteiger partial charge in [-0.15, -0.1) is 0 Å². The van der Waals surface area contributed by atoms with Crippen LogP contribution in [-0.2, 0) is 14.4 Å². The lowest BCUT2D eigenvalue weighted by Gasteiger charge is -2.03. The molecule has 1 aromatic heterocycles. The van der Waals surface area contributed by atoms with E-state index in [9.17, 15) is 9.59 Å². The number of aromatic nitrogens is 1. The van der Waals surface area contributed by atoms with Gasteiger partial charge in [-0.25, -0.2) is 4.98 Å². The van der Waals surface area contributed by atoms with Gasteiger partial charge in [0.25, 0.3) is 6.29 Å². The van der Waals surface area contributed by atoms with Gasteiger partial charge >= 0.3 is 5.97 Å². The molecule has 0 aliphatic carbocycles. The van der Waals surface area contributed by atoms with Gasteiger partial charge in [0.1, 0.15) is 16.6 Å². The molecule has 0 fully saturated rings. The number of nitrogen functional groups attached to an aromatic ring is 1. The Morgan fingerprint density at radius 3 is 2.89 bits per heavy atom. The number of oxime groups is 1. The lowest BCUT2D eigenvalue weighted by atomic mass is 10.2. The molecular formula is C9H9ClN3O4S. The summed E-state index contributed by atoms with van der Waals surface area (Å²) in [4.78, 5) is 29.7. The first-order chi connectivity index (χ1) is 8.45. The van der Waals surface area contributed by atoms with Crippen molar-refractivity contribution >= 4 is 46.0 Å². The van der Waals surface area contributed by atoms with Crippen LogP contribution in [0, 0.1) is 5.92 Å². The van der Waals surface area contributed by atoms with Gasteiger partial charge < -0.3 is 15.7 Å². The van der Waals surface area contributed by atoms with Crippen molar-refractivity contribution < 1.29 is 19.5 Å². The molecule has 1 unspecified atom stereocenters. The quantitative estimate of drug-likeness (QED) is 0.595. The molecule has 0 saturated carbocycles. The third kappa shape index (κ3) is 3.67. The number of hydrogen-bond donors (Lipinski definition) is 2. The monoisotopic (exact) mass is 290 g/mol. The molecule has 0 amide bonds. The molecule has 0 aromatic carbocycles. The molecule has 7 nitrogen and oxygen atoms in total. The molecule has 18 heavy (non-hydrogen) atoms. The molecule has 0 aliphatic heterocycles. The minimum absolute atomic E-state index is 0.0668. The molecular weight excluding hydrogens is 282 g/mol. The maximum atomic E-state index is 10.7. The fourth-order valence-corrected chi connectivity index (χ4v) is 1.79. The summed E-state index contributed by atoms with van der Waals surface area (Å²) in [6.07, 6.45) is 1.51. The van der Waals surface area contributed by atoms with E-state index in [1.54, 1.807) is 0 Å². The molecule has 1 atom stereocenters. The first-order valence-corrected chi connectivity index (χ1v) is 5.88. The van der Waals surface area contributed by atoms with E-state index in [2.05, 4.69) is 10.1 Å².